The molecule has 0 amide bonds. The molecule has 18 heavy (non-hydrogen) atoms. The van der Waals surface area contributed by atoms with Crippen molar-refractivity contribution >= 4 is 17.3 Å². The Bertz CT molecular complexity index is 528. The molecule has 6 heteroatoms. The first-order valence-electron chi connectivity index (χ1n) is 6.17. The van der Waals surface area contributed by atoms with E-state index in [9.17, 15) is 4.79 Å². The van der Waals surface area contributed by atoms with E-state index in [-0.39, 0.29) is 5.78 Å². The van der Waals surface area contributed by atoms with Crippen molar-refractivity contribution in [2.75, 3.05) is 0 Å². The molecule has 1 fully saturated rings. The summed E-state index contributed by atoms with van der Waals surface area (Å²) in [5.41, 5.74) is 0.834. The molecule has 0 bridgehead atoms. The third-order valence-corrected chi connectivity index (χ3v) is 4.05. The van der Waals surface area contributed by atoms with Crippen LogP contribution in [-0.4, -0.2) is 25.2 Å². The molecule has 0 unspecified atom stereocenters. The number of nitrogens with zero attached hydrogens (tertiary/aromatic N) is 4. The van der Waals surface area contributed by atoms with Gasteiger partial charge in [-0.05, 0) is 30.4 Å². The van der Waals surface area contributed by atoms with Gasteiger partial charge >= 0.3 is 0 Å². The van der Waals surface area contributed by atoms with Gasteiger partial charge in [-0.2, -0.15) is 5.10 Å². The smallest absolute Gasteiger partial charge is 0.182 e. The maximum absolute atomic E-state index is 11.9. The third kappa shape index (κ3) is 2.33. The summed E-state index contributed by atoms with van der Waals surface area (Å²) < 4.78 is 5.71. The quantitative estimate of drug-likeness (QED) is 0.793. The van der Waals surface area contributed by atoms with Crippen molar-refractivity contribution in [3.63, 3.8) is 0 Å². The van der Waals surface area contributed by atoms with Crippen LogP contribution < -0.4 is 0 Å². The average Bonchev–Trinajstić information content (AvgIpc) is 3.12. The van der Waals surface area contributed by atoms with Crippen LogP contribution in [-0.2, 0) is 6.42 Å². The molecule has 2 heterocycles. The second kappa shape index (κ2) is 4.97. The lowest BCUT2D eigenvalue weighted by molar-refractivity contribution is 0.0995. The SMILES string of the molecule is O=C(Cc1ccn(C2CCCC2)n1)c1cnns1. The highest BCUT2D eigenvalue weighted by Gasteiger charge is 2.18. The fourth-order valence-corrected chi connectivity index (χ4v) is 2.84. The van der Waals surface area contributed by atoms with Crippen molar-refractivity contribution in [3.05, 3.63) is 29.0 Å². The standard InChI is InChI=1S/C12H14N4OS/c17-11(12-8-13-15-18-12)7-9-5-6-16(14-9)10-3-1-2-4-10/h5-6,8,10H,1-4,7H2. The van der Waals surface area contributed by atoms with E-state index < -0.39 is 0 Å². The minimum absolute atomic E-state index is 0.0432. The normalized spacial score (nSPS) is 16.2. The van der Waals surface area contributed by atoms with Gasteiger partial charge in [-0.15, -0.1) is 5.10 Å². The molecule has 5 nitrogen and oxygen atoms in total. The molecule has 0 spiro atoms. The molecule has 0 atom stereocenters. The Labute approximate surface area is 109 Å². The molecule has 0 N–H and O–H groups in total. The number of Topliss-reactive ketones (excluding diaryl/α,β-unsaturated/α-hetero) is 1. The highest BCUT2D eigenvalue weighted by Crippen LogP contribution is 2.28. The van der Waals surface area contributed by atoms with Crippen LogP contribution in [0.2, 0.25) is 0 Å². The van der Waals surface area contributed by atoms with Crippen LogP contribution >= 0.6 is 11.5 Å². The largest absolute Gasteiger partial charge is 0.293 e. The van der Waals surface area contributed by atoms with E-state index in [4.69, 9.17) is 0 Å². The summed E-state index contributed by atoms with van der Waals surface area (Å²) in [6.45, 7) is 0. The molecule has 2 aromatic rings. The van der Waals surface area contributed by atoms with Crippen molar-refractivity contribution in [1.82, 2.24) is 19.4 Å². The number of hydrogen-bond donors (Lipinski definition) is 0. The molecular weight excluding hydrogens is 248 g/mol. The van der Waals surface area contributed by atoms with Crippen LogP contribution in [0.1, 0.15) is 47.1 Å². The van der Waals surface area contributed by atoms with E-state index in [1.54, 1.807) is 0 Å². The van der Waals surface area contributed by atoms with Crippen LogP contribution in [0.25, 0.3) is 0 Å². The number of aromatic nitrogens is 4. The first-order valence-corrected chi connectivity index (χ1v) is 6.95. The monoisotopic (exact) mass is 262 g/mol. The first kappa shape index (κ1) is 11.5. The Morgan fingerprint density at radius 2 is 2.28 bits per heavy atom. The van der Waals surface area contributed by atoms with Gasteiger partial charge in [-0.1, -0.05) is 17.3 Å². The van der Waals surface area contributed by atoms with Crippen molar-refractivity contribution < 1.29 is 4.79 Å². The number of ketones is 1. The molecule has 0 radical (unpaired) electrons. The van der Waals surface area contributed by atoms with E-state index in [0.29, 0.717) is 17.3 Å². The van der Waals surface area contributed by atoms with Crippen LogP contribution in [0.3, 0.4) is 0 Å². The van der Waals surface area contributed by atoms with Gasteiger partial charge in [0, 0.05) is 6.20 Å². The Balaban J connectivity index is 1.68. The molecular formula is C12H14N4OS. The predicted octanol–water partition coefficient (Wildman–Crippen LogP) is 2.28. The number of rotatable bonds is 4. The fourth-order valence-electron chi connectivity index (χ4n) is 2.39. The summed E-state index contributed by atoms with van der Waals surface area (Å²) >= 11 is 1.14. The summed E-state index contributed by atoms with van der Waals surface area (Å²) in [5, 5.41) is 8.18. The van der Waals surface area contributed by atoms with Gasteiger partial charge < -0.3 is 0 Å². The highest BCUT2D eigenvalue weighted by molar-refractivity contribution is 7.07. The Morgan fingerprint density at radius 1 is 1.44 bits per heavy atom. The van der Waals surface area contributed by atoms with E-state index >= 15 is 0 Å². The average molecular weight is 262 g/mol. The van der Waals surface area contributed by atoms with Gasteiger partial charge in [0.2, 0.25) is 0 Å². The van der Waals surface area contributed by atoms with Gasteiger partial charge in [-0.25, -0.2) is 0 Å². The number of carbonyl (C=O) groups excluding carboxylic acids is 1. The van der Waals surface area contributed by atoms with Gasteiger partial charge in [0.15, 0.2) is 5.78 Å². The van der Waals surface area contributed by atoms with Crippen LogP contribution in [0, 0.1) is 0 Å². The van der Waals surface area contributed by atoms with E-state index in [0.717, 1.165) is 17.2 Å². The van der Waals surface area contributed by atoms with E-state index in [1.165, 1.54) is 31.9 Å². The minimum Gasteiger partial charge on any atom is -0.293 e. The zero-order valence-corrected chi connectivity index (χ0v) is 10.8. The maximum atomic E-state index is 11.9. The van der Waals surface area contributed by atoms with Crippen LogP contribution in [0.5, 0.6) is 0 Å². The lowest BCUT2D eigenvalue weighted by Crippen LogP contribution is -2.07. The second-order valence-electron chi connectivity index (χ2n) is 4.61. The molecule has 1 saturated carbocycles. The van der Waals surface area contributed by atoms with Gasteiger partial charge in [0.25, 0.3) is 0 Å². The van der Waals surface area contributed by atoms with Crippen molar-refractivity contribution in [1.29, 1.82) is 0 Å². The maximum Gasteiger partial charge on any atom is 0.182 e. The molecule has 2 aromatic heterocycles. The van der Waals surface area contributed by atoms with Crippen molar-refractivity contribution in [3.8, 4) is 0 Å². The summed E-state index contributed by atoms with van der Waals surface area (Å²) in [5.74, 6) is 0.0432. The molecule has 0 saturated heterocycles. The minimum atomic E-state index is 0.0432. The van der Waals surface area contributed by atoms with Crippen LogP contribution in [0.15, 0.2) is 18.5 Å². The van der Waals surface area contributed by atoms with Gasteiger partial charge in [0.1, 0.15) is 4.88 Å². The Kier molecular flexibility index (Phi) is 3.19. The molecule has 0 aliphatic heterocycles. The zero-order chi connectivity index (χ0) is 12.4. The lowest BCUT2D eigenvalue weighted by atomic mass is 10.2. The van der Waals surface area contributed by atoms with E-state index in [1.807, 2.05) is 16.9 Å². The summed E-state index contributed by atoms with van der Waals surface area (Å²) in [6, 6.07) is 2.46. The Morgan fingerprint density at radius 3 is 3.00 bits per heavy atom. The van der Waals surface area contributed by atoms with Gasteiger partial charge in [-0.3, -0.25) is 9.48 Å². The molecule has 1 aliphatic rings. The summed E-state index contributed by atoms with van der Waals surface area (Å²) in [7, 11) is 0. The predicted molar refractivity (Wildman–Crippen MR) is 67.7 cm³/mol. The highest BCUT2D eigenvalue weighted by atomic mass is 32.1. The van der Waals surface area contributed by atoms with E-state index in [2.05, 4.69) is 14.7 Å². The van der Waals surface area contributed by atoms with Crippen LogP contribution in [0.4, 0.5) is 0 Å². The molecule has 0 aromatic carbocycles. The Hall–Kier alpha value is -1.56. The van der Waals surface area contributed by atoms with Gasteiger partial charge in [0.05, 0.1) is 24.4 Å². The third-order valence-electron chi connectivity index (χ3n) is 3.34. The second-order valence-corrected chi connectivity index (χ2v) is 5.39. The summed E-state index contributed by atoms with van der Waals surface area (Å²) in [6.07, 6.45) is 8.81. The molecule has 94 valence electrons. The number of carbonyl (C=O) groups is 1. The van der Waals surface area contributed by atoms with Crippen molar-refractivity contribution in [2.24, 2.45) is 0 Å². The van der Waals surface area contributed by atoms with Crippen molar-refractivity contribution in [2.45, 2.75) is 38.1 Å². The summed E-state index contributed by atoms with van der Waals surface area (Å²) in [4.78, 5) is 12.5. The fraction of sp³-hybridized carbons (Fsp3) is 0.500. The lowest BCUT2D eigenvalue weighted by Gasteiger charge is -2.08. The number of hydrogen-bond acceptors (Lipinski definition) is 5. The first-order chi connectivity index (χ1) is 8.83. The molecule has 3 rings (SSSR count). The molecule has 1 aliphatic carbocycles. The topological polar surface area (TPSA) is 60.7 Å². The zero-order valence-electron chi connectivity index (χ0n) is 9.95.